The van der Waals surface area contributed by atoms with Gasteiger partial charge in [-0.05, 0) is 34.4 Å². The van der Waals surface area contributed by atoms with Crippen molar-refractivity contribution in [3.63, 3.8) is 0 Å². The SMILES string of the molecule is O=CC12c3ccccc3C(c3ccccc31)[C@@H]1C(=O)N(c3cccc(Cl)c3Cl)C(=O)[C@@H]12. The summed E-state index contributed by atoms with van der Waals surface area (Å²) in [5.74, 6) is -2.58. The van der Waals surface area contributed by atoms with Crippen molar-refractivity contribution < 1.29 is 14.4 Å². The van der Waals surface area contributed by atoms with Crippen LogP contribution in [0.15, 0.2) is 66.7 Å². The monoisotopic (exact) mass is 447 g/mol. The van der Waals surface area contributed by atoms with Crippen LogP contribution in [-0.2, 0) is 19.8 Å². The molecule has 0 spiro atoms. The number of carbonyl (C=O) groups excluding carboxylic acids is 3. The Hall–Kier alpha value is -2.95. The molecular weight excluding hydrogens is 433 g/mol. The predicted octanol–water partition coefficient (Wildman–Crippen LogP) is 4.74. The topological polar surface area (TPSA) is 54.5 Å². The minimum atomic E-state index is -1.22. The molecule has 1 fully saturated rings. The fourth-order valence-electron chi connectivity index (χ4n) is 5.93. The number of amides is 2. The molecule has 3 aromatic rings. The summed E-state index contributed by atoms with van der Waals surface area (Å²) in [7, 11) is 0. The Morgan fingerprint density at radius 1 is 0.806 bits per heavy atom. The van der Waals surface area contributed by atoms with Crippen LogP contribution in [0.5, 0.6) is 0 Å². The van der Waals surface area contributed by atoms with Crippen LogP contribution in [0.2, 0.25) is 10.0 Å². The summed E-state index contributed by atoms with van der Waals surface area (Å²) in [5.41, 5.74) is 2.49. The Kier molecular flexibility index (Phi) is 3.81. The van der Waals surface area contributed by atoms with Crippen molar-refractivity contribution in [3.05, 3.63) is 99.0 Å². The fraction of sp³-hybridized carbons (Fsp3) is 0.160. The Morgan fingerprint density at radius 3 is 2.03 bits per heavy atom. The van der Waals surface area contributed by atoms with Crippen LogP contribution < -0.4 is 4.90 Å². The van der Waals surface area contributed by atoms with E-state index in [1.54, 1.807) is 18.2 Å². The van der Waals surface area contributed by atoms with E-state index in [1.165, 1.54) is 0 Å². The summed E-state index contributed by atoms with van der Waals surface area (Å²) in [4.78, 5) is 41.6. The molecule has 0 aromatic heterocycles. The number of rotatable bonds is 2. The lowest BCUT2D eigenvalue weighted by Crippen LogP contribution is -2.54. The van der Waals surface area contributed by atoms with E-state index >= 15 is 0 Å². The Bertz CT molecular complexity index is 1270. The molecule has 3 aliphatic carbocycles. The number of nitrogens with zero attached hydrogens (tertiary/aromatic N) is 1. The van der Waals surface area contributed by atoms with Gasteiger partial charge in [0.05, 0.1) is 33.0 Å². The van der Waals surface area contributed by atoms with Crippen LogP contribution in [0.25, 0.3) is 0 Å². The lowest BCUT2D eigenvalue weighted by atomic mass is 9.48. The zero-order chi connectivity index (χ0) is 21.5. The van der Waals surface area contributed by atoms with Crippen molar-refractivity contribution in [1.29, 1.82) is 0 Å². The third-order valence-electron chi connectivity index (χ3n) is 7.04. The first-order valence-electron chi connectivity index (χ1n) is 9.99. The molecule has 0 unspecified atom stereocenters. The van der Waals surface area contributed by atoms with Gasteiger partial charge in [-0.15, -0.1) is 0 Å². The molecule has 0 radical (unpaired) electrons. The van der Waals surface area contributed by atoms with Crippen LogP contribution in [0, 0.1) is 11.8 Å². The van der Waals surface area contributed by atoms with E-state index in [0.29, 0.717) is 0 Å². The highest BCUT2D eigenvalue weighted by molar-refractivity contribution is 6.45. The maximum absolute atomic E-state index is 13.8. The molecule has 1 saturated heterocycles. The molecule has 4 aliphatic rings. The molecule has 0 saturated carbocycles. The van der Waals surface area contributed by atoms with Crippen LogP contribution >= 0.6 is 23.2 Å². The molecular formula is C25H15Cl2NO3. The zero-order valence-corrected chi connectivity index (χ0v) is 17.6. The number of carbonyl (C=O) groups is 3. The molecule has 6 heteroatoms. The lowest BCUT2D eigenvalue weighted by Gasteiger charge is -2.51. The molecule has 3 aromatic carbocycles. The smallest absolute Gasteiger partial charge is 0.239 e. The Labute approximate surface area is 188 Å². The molecule has 1 heterocycles. The summed E-state index contributed by atoms with van der Waals surface area (Å²) in [6.07, 6.45) is 0.853. The van der Waals surface area contributed by atoms with E-state index in [9.17, 15) is 14.4 Å². The van der Waals surface area contributed by atoms with Gasteiger partial charge in [-0.1, -0.05) is 77.8 Å². The molecule has 2 bridgehead atoms. The van der Waals surface area contributed by atoms with Gasteiger partial charge < -0.3 is 4.79 Å². The average molecular weight is 448 g/mol. The van der Waals surface area contributed by atoms with Crippen molar-refractivity contribution in [1.82, 2.24) is 0 Å². The molecule has 152 valence electrons. The first-order chi connectivity index (χ1) is 15.0. The van der Waals surface area contributed by atoms with Gasteiger partial charge in [0.25, 0.3) is 0 Å². The third-order valence-corrected chi connectivity index (χ3v) is 7.85. The number of halogens is 2. The molecule has 0 N–H and O–H groups in total. The predicted molar refractivity (Wildman–Crippen MR) is 118 cm³/mol. The van der Waals surface area contributed by atoms with Crippen molar-refractivity contribution in [2.45, 2.75) is 11.3 Å². The van der Waals surface area contributed by atoms with Crippen LogP contribution in [0.4, 0.5) is 5.69 Å². The Balaban J connectivity index is 1.66. The lowest BCUT2D eigenvalue weighted by molar-refractivity contribution is -0.128. The zero-order valence-electron chi connectivity index (χ0n) is 16.1. The van der Waals surface area contributed by atoms with Gasteiger partial charge in [0, 0.05) is 5.92 Å². The van der Waals surface area contributed by atoms with Crippen LogP contribution in [0.1, 0.15) is 28.2 Å². The second kappa shape index (κ2) is 6.28. The van der Waals surface area contributed by atoms with Crippen molar-refractivity contribution >= 4 is 47.0 Å². The van der Waals surface area contributed by atoms with Gasteiger partial charge in [0.2, 0.25) is 11.8 Å². The average Bonchev–Trinajstić information content (AvgIpc) is 3.07. The summed E-state index contributed by atoms with van der Waals surface area (Å²) in [6, 6.07) is 20.1. The van der Waals surface area contributed by atoms with E-state index in [1.807, 2.05) is 48.5 Å². The second-order valence-corrected chi connectivity index (χ2v) is 9.01. The molecule has 2 amide bonds. The molecule has 1 aliphatic heterocycles. The number of imide groups is 1. The minimum Gasteiger partial charge on any atom is -0.302 e. The second-order valence-electron chi connectivity index (χ2n) is 8.23. The van der Waals surface area contributed by atoms with E-state index in [2.05, 4.69) is 0 Å². The molecule has 2 atom stereocenters. The standard InChI is InChI=1S/C25H15Cl2NO3/c26-17-10-5-11-18(22(17)27)28-23(30)20-19-13-6-1-3-8-15(13)25(12-29,21(20)24(28)31)16-9-4-2-7-14(16)19/h1-12,19-21H/t19?,20-,21+,25?/m0/s1. The summed E-state index contributed by atoms with van der Waals surface area (Å²) < 4.78 is 0. The van der Waals surface area contributed by atoms with E-state index in [4.69, 9.17) is 23.2 Å². The number of hydrogen-bond donors (Lipinski definition) is 0. The number of benzene rings is 3. The van der Waals surface area contributed by atoms with E-state index < -0.39 is 23.2 Å². The largest absolute Gasteiger partial charge is 0.302 e. The maximum Gasteiger partial charge on any atom is 0.239 e. The molecule has 4 nitrogen and oxygen atoms in total. The van der Waals surface area contributed by atoms with Gasteiger partial charge in [-0.3, -0.25) is 9.59 Å². The van der Waals surface area contributed by atoms with Gasteiger partial charge in [0.1, 0.15) is 6.29 Å². The van der Waals surface area contributed by atoms with Crippen LogP contribution in [-0.4, -0.2) is 18.1 Å². The van der Waals surface area contributed by atoms with E-state index in [-0.39, 0.29) is 27.6 Å². The van der Waals surface area contributed by atoms with Gasteiger partial charge in [-0.25, -0.2) is 4.90 Å². The van der Waals surface area contributed by atoms with Crippen molar-refractivity contribution in [3.8, 4) is 0 Å². The van der Waals surface area contributed by atoms with Crippen LogP contribution in [0.3, 0.4) is 0 Å². The molecule has 31 heavy (non-hydrogen) atoms. The van der Waals surface area contributed by atoms with Gasteiger partial charge in [0.15, 0.2) is 0 Å². The minimum absolute atomic E-state index is 0.145. The quantitative estimate of drug-likeness (QED) is 0.420. The highest BCUT2D eigenvalue weighted by Crippen LogP contribution is 2.63. The number of anilines is 1. The maximum atomic E-state index is 13.8. The highest BCUT2D eigenvalue weighted by Gasteiger charge is 2.68. The third kappa shape index (κ3) is 2.09. The normalized spacial score (nSPS) is 27.7. The highest BCUT2D eigenvalue weighted by atomic mass is 35.5. The number of hydrogen-bond acceptors (Lipinski definition) is 3. The number of aldehydes is 1. The first-order valence-corrected chi connectivity index (χ1v) is 10.7. The summed E-state index contributed by atoms with van der Waals surface area (Å²) in [6.45, 7) is 0. The summed E-state index contributed by atoms with van der Waals surface area (Å²) >= 11 is 12.6. The fourth-order valence-corrected chi connectivity index (χ4v) is 6.31. The van der Waals surface area contributed by atoms with Gasteiger partial charge in [-0.2, -0.15) is 0 Å². The Morgan fingerprint density at radius 2 is 1.42 bits per heavy atom. The first kappa shape index (κ1) is 18.8. The van der Waals surface area contributed by atoms with E-state index in [0.717, 1.165) is 33.4 Å². The molecule has 7 rings (SSSR count). The van der Waals surface area contributed by atoms with Gasteiger partial charge >= 0.3 is 0 Å². The van der Waals surface area contributed by atoms with Crippen molar-refractivity contribution in [2.24, 2.45) is 11.8 Å². The summed E-state index contributed by atoms with van der Waals surface area (Å²) in [5, 5.41) is 0.404. The van der Waals surface area contributed by atoms with Crippen molar-refractivity contribution in [2.75, 3.05) is 4.90 Å².